The number of halogens is 1. The lowest BCUT2D eigenvalue weighted by molar-refractivity contribution is -0.130. The largest absolute Gasteiger partial charge is 0.462 e. The van der Waals surface area contributed by atoms with Crippen LogP contribution in [0.4, 0.5) is 11.4 Å². The van der Waals surface area contributed by atoms with Gasteiger partial charge in [0.1, 0.15) is 5.54 Å². The number of H-pyrrole nitrogens is 1. The zero-order valence-electron chi connectivity index (χ0n) is 21.9. The molecule has 7 rings (SSSR count). The molecule has 206 valence electrons. The van der Waals surface area contributed by atoms with Gasteiger partial charge in [-0.15, -0.1) is 0 Å². The van der Waals surface area contributed by atoms with E-state index in [1.165, 1.54) is 12.1 Å². The van der Waals surface area contributed by atoms with E-state index in [-0.39, 0.29) is 6.61 Å². The summed E-state index contributed by atoms with van der Waals surface area (Å²) >= 11 is 6.37. The molecule has 1 aromatic heterocycles. The van der Waals surface area contributed by atoms with Crippen LogP contribution in [0.15, 0.2) is 72.9 Å². The van der Waals surface area contributed by atoms with Gasteiger partial charge in [-0.3, -0.25) is 19.7 Å². The number of carbonyl (C=O) groups excluding carboxylic acids is 4. The molecule has 4 atom stereocenters. The van der Waals surface area contributed by atoms with Crippen LogP contribution in [0.25, 0.3) is 10.9 Å². The van der Waals surface area contributed by atoms with E-state index >= 15 is 0 Å². The number of amides is 3. The predicted molar refractivity (Wildman–Crippen MR) is 153 cm³/mol. The summed E-state index contributed by atoms with van der Waals surface area (Å²) in [6.07, 6.45) is 2.31. The molecule has 0 unspecified atom stereocenters. The summed E-state index contributed by atoms with van der Waals surface area (Å²) in [5.41, 5.74) is 2.18. The molecule has 10 heteroatoms. The van der Waals surface area contributed by atoms with Gasteiger partial charge in [-0.25, -0.2) is 9.69 Å². The lowest BCUT2D eigenvalue weighted by Gasteiger charge is -2.29. The number of aromatic nitrogens is 1. The summed E-state index contributed by atoms with van der Waals surface area (Å²) in [4.78, 5) is 58.8. The second-order valence-corrected chi connectivity index (χ2v) is 11.0. The van der Waals surface area contributed by atoms with Crippen molar-refractivity contribution in [3.05, 3.63) is 94.6 Å². The molecule has 2 fully saturated rings. The number of imide groups is 1. The molecule has 3 amide bonds. The quantitative estimate of drug-likeness (QED) is 0.245. The monoisotopic (exact) mass is 568 g/mol. The maximum Gasteiger partial charge on any atom is 0.338 e. The van der Waals surface area contributed by atoms with Crippen LogP contribution in [0, 0.1) is 11.8 Å². The fraction of sp³-hybridized carbons (Fsp3) is 0.226. The molecular weight excluding hydrogens is 544 g/mol. The molecule has 2 saturated heterocycles. The first-order chi connectivity index (χ1) is 19.8. The summed E-state index contributed by atoms with van der Waals surface area (Å²) in [7, 11) is 0. The molecule has 3 aliphatic heterocycles. The number of anilines is 2. The summed E-state index contributed by atoms with van der Waals surface area (Å²) in [6.45, 7) is 1.95. The molecule has 0 aliphatic carbocycles. The summed E-state index contributed by atoms with van der Waals surface area (Å²) < 4.78 is 5.06. The van der Waals surface area contributed by atoms with E-state index in [1.54, 1.807) is 37.3 Å². The molecule has 9 nitrogen and oxygen atoms in total. The van der Waals surface area contributed by atoms with Crippen molar-refractivity contribution in [1.82, 2.24) is 10.3 Å². The second kappa shape index (κ2) is 9.29. The number of benzene rings is 3. The van der Waals surface area contributed by atoms with Crippen molar-refractivity contribution >= 4 is 57.6 Å². The van der Waals surface area contributed by atoms with Gasteiger partial charge >= 0.3 is 5.97 Å². The molecule has 1 spiro atoms. The Kier molecular flexibility index (Phi) is 5.78. The molecule has 41 heavy (non-hydrogen) atoms. The molecule has 3 N–H and O–H groups in total. The third kappa shape index (κ3) is 3.66. The Morgan fingerprint density at radius 2 is 1.80 bits per heavy atom. The van der Waals surface area contributed by atoms with Gasteiger partial charge in [-0.2, -0.15) is 0 Å². The van der Waals surface area contributed by atoms with E-state index in [9.17, 15) is 19.2 Å². The van der Waals surface area contributed by atoms with Crippen molar-refractivity contribution in [2.45, 2.75) is 24.9 Å². The van der Waals surface area contributed by atoms with E-state index in [4.69, 9.17) is 16.3 Å². The topological polar surface area (TPSA) is 121 Å². The lowest BCUT2D eigenvalue weighted by Crippen LogP contribution is -2.53. The van der Waals surface area contributed by atoms with Crippen LogP contribution in [0.3, 0.4) is 0 Å². The molecular formula is C31H25ClN4O5. The van der Waals surface area contributed by atoms with E-state index < -0.39 is 47.1 Å². The van der Waals surface area contributed by atoms with Crippen molar-refractivity contribution in [3.63, 3.8) is 0 Å². The van der Waals surface area contributed by atoms with Crippen LogP contribution >= 0.6 is 11.6 Å². The van der Waals surface area contributed by atoms with Crippen molar-refractivity contribution in [2.24, 2.45) is 11.8 Å². The Labute approximate surface area is 239 Å². The van der Waals surface area contributed by atoms with Crippen molar-refractivity contribution < 1.29 is 23.9 Å². The van der Waals surface area contributed by atoms with Crippen LogP contribution in [-0.2, 0) is 31.1 Å². The van der Waals surface area contributed by atoms with E-state index in [0.717, 1.165) is 21.4 Å². The Bertz CT molecular complexity index is 1770. The van der Waals surface area contributed by atoms with E-state index in [1.807, 2.05) is 30.5 Å². The SMILES string of the molecule is CCOC(=O)c1ccc(N2C(=O)[C@@H]3[C@H](Cc4c[nH]c5ccccc45)N[C@]4(C(=O)Nc5ccc(Cl)cc54)[C@@H]3C2=O)cc1. The first-order valence-corrected chi connectivity index (χ1v) is 13.8. The van der Waals surface area contributed by atoms with Gasteiger partial charge < -0.3 is 15.0 Å². The number of nitrogens with one attached hydrogen (secondary N) is 3. The number of hydrogen-bond acceptors (Lipinski definition) is 6. The standard InChI is InChI=1S/C31H25ClN4O5/c1-2-41-29(39)16-7-10-19(11-8-16)36-27(37)25-24(13-17-15-33-22-6-4-3-5-20(17)22)35-31(26(25)28(36)38)21-14-18(32)9-12-23(21)34-30(31)40/h3-12,14-15,24-26,33,35H,2,13H2,1H3,(H,34,40)/t24-,25+,26-,31-/m0/s1. The van der Waals surface area contributed by atoms with Crippen LogP contribution in [0.2, 0.25) is 5.02 Å². The number of fused-ring (bicyclic) bond motifs is 5. The van der Waals surface area contributed by atoms with Crippen molar-refractivity contribution in [1.29, 1.82) is 0 Å². The van der Waals surface area contributed by atoms with Gasteiger partial charge in [0.25, 0.3) is 0 Å². The summed E-state index contributed by atoms with van der Waals surface area (Å²) in [6, 6.07) is 18.5. The van der Waals surface area contributed by atoms with Gasteiger partial charge in [0, 0.05) is 39.4 Å². The Morgan fingerprint density at radius 1 is 1.02 bits per heavy atom. The smallest absolute Gasteiger partial charge is 0.338 e. The number of nitrogens with zero attached hydrogens (tertiary/aromatic N) is 1. The van der Waals surface area contributed by atoms with Gasteiger partial charge in [0.2, 0.25) is 17.7 Å². The van der Waals surface area contributed by atoms with Gasteiger partial charge in [0.15, 0.2) is 0 Å². The van der Waals surface area contributed by atoms with Crippen molar-refractivity contribution in [3.8, 4) is 0 Å². The Morgan fingerprint density at radius 3 is 2.59 bits per heavy atom. The van der Waals surface area contributed by atoms with Gasteiger partial charge in [-0.05, 0) is 67.4 Å². The second-order valence-electron chi connectivity index (χ2n) is 10.5. The average Bonchev–Trinajstić information content (AvgIpc) is 3.68. The van der Waals surface area contributed by atoms with Gasteiger partial charge in [-0.1, -0.05) is 29.8 Å². The van der Waals surface area contributed by atoms with Gasteiger partial charge in [0.05, 0.1) is 29.7 Å². The highest BCUT2D eigenvalue weighted by Crippen LogP contribution is 2.54. The summed E-state index contributed by atoms with van der Waals surface area (Å²) in [5, 5.41) is 7.79. The minimum absolute atomic E-state index is 0.230. The Balaban J connectivity index is 1.33. The zero-order valence-corrected chi connectivity index (χ0v) is 22.7. The fourth-order valence-corrected chi connectivity index (χ4v) is 6.87. The number of carbonyl (C=O) groups is 4. The molecule has 3 aromatic carbocycles. The number of aromatic amines is 1. The van der Waals surface area contributed by atoms with E-state index in [0.29, 0.717) is 33.9 Å². The van der Waals surface area contributed by atoms with E-state index in [2.05, 4.69) is 15.6 Å². The third-order valence-corrected chi connectivity index (χ3v) is 8.66. The maximum atomic E-state index is 14.2. The average molecular weight is 569 g/mol. The molecule has 4 aromatic rings. The third-order valence-electron chi connectivity index (χ3n) is 8.43. The van der Waals surface area contributed by atoms with Crippen LogP contribution in [-0.4, -0.2) is 41.3 Å². The van der Waals surface area contributed by atoms with Crippen molar-refractivity contribution in [2.75, 3.05) is 16.8 Å². The molecule has 4 heterocycles. The van der Waals surface area contributed by atoms with Crippen LogP contribution in [0.5, 0.6) is 0 Å². The summed E-state index contributed by atoms with van der Waals surface area (Å²) in [5.74, 6) is -3.60. The highest BCUT2D eigenvalue weighted by Gasteiger charge is 2.70. The highest BCUT2D eigenvalue weighted by molar-refractivity contribution is 6.31. The Hall–Kier alpha value is -4.47. The molecule has 0 saturated carbocycles. The fourth-order valence-electron chi connectivity index (χ4n) is 6.70. The maximum absolute atomic E-state index is 14.2. The molecule has 3 aliphatic rings. The zero-order chi connectivity index (χ0) is 28.5. The number of para-hydroxylation sites is 1. The lowest BCUT2D eigenvalue weighted by atomic mass is 9.76. The van der Waals surface area contributed by atoms with Crippen LogP contribution in [0.1, 0.15) is 28.4 Å². The highest BCUT2D eigenvalue weighted by atomic mass is 35.5. The number of hydrogen-bond donors (Lipinski definition) is 3. The minimum atomic E-state index is -1.48. The number of ether oxygens (including phenoxy) is 1. The number of esters is 1. The molecule has 0 bridgehead atoms. The first-order valence-electron chi connectivity index (χ1n) is 13.4. The van der Waals surface area contributed by atoms with Crippen LogP contribution < -0.4 is 15.5 Å². The molecule has 0 radical (unpaired) electrons. The number of rotatable bonds is 5. The predicted octanol–water partition coefficient (Wildman–Crippen LogP) is 4.17. The normalized spacial score (nSPS) is 24.7. The first kappa shape index (κ1) is 25.5. The minimum Gasteiger partial charge on any atom is -0.462 e.